The van der Waals surface area contributed by atoms with Gasteiger partial charge in [0.15, 0.2) is 0 Å². The molecule has 0 aromatic heterocycles. The summed E-state index contributed by atoms with van der Waals surface area (Å²) in [6.07, 6.45) is -2.78. The maximum absolute atomic E-state index is 12.9. The summed E-state index contributed by atoms with van der Waals surface area (Å²) in [6.45, 7) is 0. The molecule has 114 valence electrons. The normalized spacial score (nSPS) is 10.4. The van der Waals surface area contributed by atoms with Crippen LogP contribution in [-0.4, -0.2) is 23.3 Å². The zero-order valence-electron chi connectivity index (χ0n) is 11.2. The largest absolute Gasteiger partial charge is 0.707 e. The molecule has 0 aliphatic rings. The summed E-state index contributed by atoms with van der Waals surface area (Å²) in [7, 11) is -2.06. The third-order valence-electron chi connectivity index (χ3n) is 2.81. The quantitative estimate of drug-likeness (QED) is 0.740. The third-order valence-corrected chi connectivity index (χ3v) is 2.81. The van der Waals surface area contributed by atoms with Gasteiger partial charge < -0.3 is 20.0 Å². The van der Waals surface area contributed by atoms with E-state index in [1.165, 1.54) is 36.4 Å². The highest BCUT2D eigenvalue weighted by Crippen LogP contribution is 2.27. The highest BCUT2D eigenvalue weighted by molar-refractivity contribution is 6.34. The van der Waals surface area contributed by atoms with Gasteiger partial charge in [0.05, 0.1) is 5.69 Å². The minimum absolute atomic E-state index is 0.000350. The molecule has 0 atom stereocenters. The van der Waals surface area contributed by atoms with Crippen molar-refractivity contribution < 1.29 is 28.3 Å². The molecule has 0 unspecified atom stereocenters. The monoisotopic (exact) mass is 307 g/mol. The standard InChI is InChI=1S/C14H12BF2NO4/c16-13(17)9-5-1-2-6-10(9)14(19)18-11-7-3-4-8-12(11)22-15(20)21/h1-8,13,20-21H,(H,18,19). The van der Waals surface area contributed by atoms with E-state index in [1.54, 1.807) is 12.1 Å². The second kappa shape index (κ2) is 7.01. The first kappa shape index (κ1) is 15.9. The van der Waals surface area contributed by atoms with Gasteiger partial charge in [-0.2, -0.15) is 0 Å². The number of carbonyl (C=O) groups is 1. The maximum atomic E-state index is 12.9. The number of benzene rings is 2. The first-order chi connectivity index (χ1) is 10.5. The summed E-state index contributed by atoms with van der Waals surface area (Å²) in [5.74, 6) is -0.750. The predicted octanol–water partition coefficient (Wildman–Crippen LogP) is 2.22. The van der Waals surface area contributed by atoms with Crippen LogP contribution in [0, 0.1) is 0 Å². The molecule has 5 nitrogen and oxygen atoms in total. The Hall–Kier alpha value is -2.45. The minimum atomic E-state index is -2.78. The van der Waals surface area contributed by atoms with Gasteiger partial charge in [-0.15, -0.1) is 0 Å². The Morgan fingerprint density at radius 3 is 2.41 bits per heavy atom. The van der Waals surface area contributed by atoms with Crippen molar-refractivity contribution in [3.05, 3.63) is 59.7 Å². The highest BCUT2D eigenvalue weighted by Gasteiger charge is 2.20. The Morgan fingerprint density at radius 1 is 1.09 bits per heavy atom. The maximum Gasteiger partial charge on any atom is 0.707 e. The van der Waals surface area contributed by atoms with Gasteiger partial charge in [0.2, 0.25) is 0 Å². The van der Waals surface area contributed by atoms with Crippen LogP contribution in [0.1, 0.15) is 22.3 Å². The van der Waals surface area contributed by atoms with Crippen LogP contribution >= 0.6 is 0 Å². The van der Waals surface area contributed by atoms with Crippen LogP contribution < -0.4 is 9.97 Å². The van der Waals surface area contributed by atoms with Gasteiger partial charge in [-0.1, -0.05) is 30.3 Å². The molecule has 0 radical (unpaired) electrons. The second-order valence-corrected chi connectivity index (χ2v) is 4.28. The van der Waals surface area contributed by atoms with Gasteiger partial charge in [0, 0.05) is 11.1 Å². The van der Waals surface area contributed by atoms with E-state index in [9.17, 15) is 13.6 Å². The smallest absolute Gasteiger partial charge is 0.510 e. The Balaban J connectivity index is 2.27. The molecule has 0 fully saturated rings. The van der Waals surface area contributed by atoms with Crippen LogP contribution in [0.5, 0.6) is 5.75 Å². The molecule has 8 heteroatoms. The number of halogens is 2. The number of rotatable bonds is 5. The summed E-state index contributed by atoms with van der Waals surface area (Å²) in [6, 6.07) is 11.3. The number of carbonyl (C=O) groups excluding carboxylic acids is 1. The van der Waals surface area contributed by atoms with Crippen molar-refractivity contribution in [3.63, 3.8) is 0 Å². The fraction of sp³-hybridized carbons (Fsp3) is 0.0714. The predicted molar refractivity (Wildman–Crippen MR) is 76.6 cm³/mol. The average Bonchev–Trinajstić information content (AvgIpc) is 2.48. The Bertz CT molecular complexity index is 667. The van der Waals surface area contributed by atoms with E-state index in [0.29, 0.717) is 0 Å². The molecule has 2 rings (SSSR count). The van der Waals surface area contributed by atoms with Crippen LogP contribution in [-0.2, 0) is 0 Å². The van der Waals surface area contributed by atoms with Crippen molar-refractivity contribution in [1.29, 1.82) is 0 Å². The molecule has 2 aromatic rings. The molecule has 2 aromatic carbocycles. The van der Waals surface area contributed by atoms with Crippen LogP contribution in [0.3, 0.4) is 0 Å². The van der Waals surface area contributed by atoms with E-state index in [2.05, 4.69) is 5.32 Å². The Kier molecular flexibility index (Phi) is 5.08. The SMILES string of the molecule is O=C(Nc1ccccc1OB(O)O)c1ccccc1C(F)F. The van der Waals surface area contributed by atoms with Crippen LogP contribution in [0.15, 0.2) is 48.5 Å². The molecular weight excluding hydrogens is 295 g/mol. The number of anilines is 1. The van der Waals surface area contributed by atoms with Crippen molar-refractivity contribution in [3.8, 4) is 5.75 Å². The van der Waals surface area contributed by atoms with Gasteiger partial charge in [-0.05, 0) is 18.2 Å². The van der Waals surface area contributed by atoms with Gasteiger partial charge in [0.25, 0.3) is 12.3 Å². The Morgan fingerprint density at radius 2 is 1.73 bits per heavy atom. The summed E-state index contributed by atoms with van der Waals surface area (Å²) in [5.41, 5.74) is -0.429. The zero-order valence-corrected chi connectivity index (χ0v) is 11.2. The molecule has 22 heavy (non-hydrogen) atoms. The van der Waals surface area contributed by atoms with Crippen molar-refractivity contribution in [2.24, 2.45) is 0 Å². The van der Waals surface area contributed by atoms with Gasteiger partial charge in [-0.3, -0.25) is 4.79 Å². The van der Waals surface area contributed by atoms with E-state index in [0.717, 1.165) is 0 Å². The third kappa shape index (κ3) is 3.81. The molecule has 1 amide bonds. The fourth-order valence-corrected chi connectivity index (χ4v) is 1.87. The van der Waals surface area contributed by atoms with Crippen molar-refractivity contribution in [1.82, 2.24) is 0 Å². The first-order valence-corrected chi connectivity index (χ1v) is 6.29. The van der Waals surface area contributed by atoms with Crippen molar-refractivity contribution in [2.45, 2.75) is 6.43 Å². The van der Waals surface area contributed by atoms with Crippen molar-refractivity contribution in [2.75, 3.05) is 5.32 Å². The lowest BCUT2D eigenvalue weighted by Gasteiger charge is -2.13. The topological polar surface area (TPSA) is 78.8 Å². The first-order valence-electron chi connectivity index (χ1n) is 6.29. The van der Waals surface area contributed by atoms with E-state index in [4.69, 9.17) is 14.7 Å². The fourth-order valence-electron chi connectivity index (χ4n) is 1.87. The lowest BCUT2D eigenvalue weighted by Crippen LogP contribution is -2.22. The number of alkyl halides is 2. The lowest BCUT2D eigenvalue weighted by molar-refractivity contribution is 0.101. The molecule has 0 saturated heterocycles. The van der Waals surface area contributed by atoms with E-state index in [-0.39, 0.29) is 22.6 Å². The van der Waals surface area contributed by atoms with E-state index in [1.807, 2.05) is 0 Å². The van der Waals surface area contributed by atoms with Crippen LogP contribution in [0.25, 0.3) is 0 Å². The number of para-hydroxylation sites is 2. The van der Waals surface area contributed by atoms with Crippen molar-refractivity contribution >= 4 is 18.9 Å². The molecule has 0 spiro atoms. The van der Waals surface area contributed by atoms with Gasteiger partial charge >= 0.3 is 7.32 Å². The summed E-state index contributed by atoms with van der Waals surface area (Å²) in [5, 5.41) is 20.0. The van der Waals surface area contributed by atoms with Crippen LogP contribution in [0.4, 0.5) is 14.5 Å². The summed E-state index contributed by atoms with van der Waals surface area (Å²) < 4.78 is 30.5. The van der Waals surface area contributed by atoms with Gasteiger partial charge in [-0.25, -0.2) is 8.78 Å². The molecule has 0 bridgehead atoms. The van der Waals surface area contributed by atoms with E-state index >= 15 is 0 Å². The second-order valence-electron chi connectivity index (χ2n) is 4.28. The molecule has 3 N–H and O–H groups in total. The van der Waals surface area contributed by atoms with E-state index < -0.39 is 19.7 Å². The molecule has 0 aliphatic carbocycles. The van der Waals surface area contributed by atoms with Gasteiger partial charge in [0.1, 0.15) is 5.75 Å². The molecule has 0 saturated carbocycles. The number of amides is 1. The summed E-state index contributed by atoms with van der Waals surface area (Å²) in [4.78, 5) is 12.2. The number of nitrogens with one attached hydrogen (secondary N) is 1. The molecule has 0 aliphatic heterocycles. The number of hydrogen-bond acceptors (Lipinski definition) is 4. The summed E-state index contributed by atoms with van der Waals surface area (Å²) >= 11 is 0. The highest BCUT2D eigenvalue weighted by atomic mass is 19.3. The average molecular weight is 307 g/mol. The molecule has 0 heterocycles. The Labute approximate surface area is 125 Å². The molecular formula is C14H12BF2NO4. The number of hydrogen-bond donors (Lipinski definition) is 3. The van der Waals surface area contributed by atoms with Crippen LogP contribution in [0.2, 0.25) is 0 Å². The zero-order chi connectivity index (χ0) is 16.1. The minimum Gasteiger partial charge on any atom is -0.510 e. The lowest BCUT2D eigenvalue weighted by atomic mass is 10.1.